The number of carbonyl (C=O) groups is 1. The van der Waals surface area contributed by atoms with Gasteiger partial charge in [-0.3, -0.25) is 0 Å². The van der Waals surface area contributed by atoms with Crippen LogP contribution in [0.4, 0.5) is 5.82 Å². The van der Waals surface area contributed by atoms with E-state index in [1.807, 2.05) is 4.57 Å². The summed E-state index contributed by atoms with van der Waals surface area (Å²) in [6, 6.07) is 0. The summed E-state index contributed by atoms with van der Waals surface area (Å²) in [6.07, 6.45) is 5.12. The van der Waals surface area contributed by atoms with Gasteiger partial charge in [0.15, 0.2) is 0 Å². The molecule has 6 nitrogen and oxygen atoms in total. The summed E-state index contributed by atoms with van der Waals surface area (Å²) < 4.78 is 6.90. The van der Waals surface area contributed by atoms with Crippen molar-refractivity contribution in [2.24, 2.45) is 0 Å². The molecule has 0 aromatic carbocycles. The van der Waals surface area contributed by atoms with Crippen molar-refractivity contribution in [3.8, 4) is 0 Å². The lowest BCUT2D eigenvalue weighted by atomic mass is 10.1. The molecule has 6 heteroatoms. The van der Waals surface area contributed by atoms with Gasteiger partial charge in [-0.15, -0.1) is 0 Å². The maximum Gasteiger partial charge on any atom is 0.340 e. The number of carbonyl (C=O) groups excluding carboxylic acids is 1. The second-order valence-electron chi connectivity index (χ2n) is 5.25. The maximum atomic E-state index is 12.1. The smallest absolute Gasteiger partial charge is 0.340 e. The minimum atomic E-state index is -0.450. The second-order valence-corrected chi connectivity index (χ2v) is 5.25. The van der Waals surface area contributed by atoms with E-state index in [4.69, 9.17) is 10.5 Å². The number of nitrogens with two attached hydrogens (primary N) is 1. The Bertz CT molecular complexity index is 728. The van der Waals surface area contributed by atoms with Crippen molar-refractivity contribution < 1.29 is 9.53 Å². The van der Waals surface area contributed by atoms with Gasteiger partial charge in [0.1, 0.15) is 17.8 Å². The summed E-state index contributed by atoms with van der Waals surface area (Å²) in [6.45, 7) is 5.94. The first-order chi connectivity index (χ1) is 9.53. The molecule has 104 valence electrons. The number of nitrogens with zero attached hydrogens (tertiary/aromatic N) is 3. The third-order valence-corrected chi connectivity index (χ3v) is 3.91. The zero-order chi connectivity index (χ0) is 14.5. The van der Waals surface area contributed by atoms with Gasteiger partial charge in [0.25, 0.3) is 0 Å². The van der Waals surface area contributed by atoms with Crippen molar-refractivity contribution in [2.75, 3.05) is 12.8 Å². The van der Waals surface area contributed by atoms with E-state index in [-0.39, 0.29) is 11.4 Å². The molecule has 2 N–H and O–H groups in total. The van der Waals surface area contributed by atoms with Gasteiger partial charge in [-0.1, -0.05) is 6.58 Å². The van der Waals surface area contributed by atoms with Gasteiger partial charge in [-0.05, 0) is 25.8 Å². The number of rotatable bonds is 3. The lowest BCUT2D eigenvalue weighted by Crippen LogP contribution is -2.15. The summed E-state index contributed by atoms with van der Waals surface area (Å²) in [7, 11) is 1.34. The van der Waals surface area contributed by atoms with Crippen molar-refractivity contribution in [1.82, 2.24) is 14.5 Å². The molecule has 1 saturated carbocycles. The van der Waals surface area contributed by atoms with E-state index in [0.717, 1.165) is 12.8 Å². The normalized spacial score (nSPS) is 16.1. The lowest BCUT2D eigenvalue weighted by Gasteiger charge is -2.15. The third kappa shape index (κ3) is 1.54. The number of hydrogen-bond acceptors (Lipinski definition) is 5. The van der Waals surface area contributed by atoms with Gasteiger partial charge in [0, 0.05) is 5.54 Å². The number of nitrogen functional groups attached to an aromatic ring is 1. The molecular formula is C14H16N4O2. The van der Waals surface area contributed by atoms with E-state index in [0.29, 0.717) is 22.3 Å². The van der Waals surface area contributed by atoms with Crippen LogP contribution >= 0.6 is 0 Å². The number of esters is 1. The highest BCUT2D eigenvalue weighted by atomic mass is 16.5. The monoisotopic (exact) mass is 272 g/mol. The van der Waals surface area contributed by atoms with Crippen molar-refractivity contribution in [2.45, 2.75) is 25.3 Å². The van der Waals surface area contributed by atoms with E-state index in [1.165, 1.54) is 13.4 Å². The predicted octanol–water partition coefficient (Wildman–Crippen LogP) is 1.95. The van der Waals surface area contributed by atoms with Gasteiger partial charge < -0.3 is 15.0 Å². The van der Waals surface area contributed by atoms with Crippen molar-refractivity contribution >= 4 is 28.9 Å². The van der Waals surface area contributed by atoms with Crippen molar-refractivity contribution in [3.63, 3.8) is 0 Å². The summed E-state index contributed by atoms with van der Waals surface area (Å²) in [5, 5.41) is 0.544. The van der Waals surface area contributed by atoms with E-state index in [9.17, 15) is 4.79 Å². The van der Waals surface area contributed by atoms with Crippen LogP contribution in [-0.4, -0.2) is 27.6 Å². The van der Waals surface area contributed by atoms with Crippen LogP contribution in [0.15, 0.2) is 12.9 Å². The molecule has 0 aliphatic heterocycles. The second kappa shape index (κ2) is 4.06. The fourth-order valence-corrected chi connectivity index (χ4v) is 2.61. The summed E-state index contributed by atoms with van der Waals surface area (Å²) in [5.74, 6) is -0.170. The highest BCUT2D eigenvalue weighted by Gasteiger charge is 2.43. The average molecular weight is 272 g/mol. The Morgan fingerprint density at radius 1 is 1.55 bits per heavy atom. The van der Waals surface area contributed by atoms with Gasteiger partial charge in [0.2, 0.25) is 0 Å². The number of aromatic nitrogens is 3. The van der Waals surface area contributed by atoms with Crippen LogP contribution in [-0.2, 0) is 10.3 Å². The van der Waals surface area contributed by atoms with Gasteiger partial charge in [-0.2, -0.15) is 0 Å². The highest BCUT2D eigenvalue weighted by Crippen LogP contribution is 2.47. The molecule has 0 bridgehead atoms. The Hall–Kier alpha value is -2.37. The first-order valence-corrected chi connectivity index (χ1v) is 6.39. The van der Waals surface area contributed by atoms with E-state index in [2.05, 4.69) is 23.5 Å². The number of fused-ring (bicyclic) bond motifs is 1. The standard InChI is InChI=1S/C14H16N4O2/c1-4-8-9(13(19)20-3)10-11(15)16-7-17-12(10)18(8)14(2)5-6-14/h4,7H,1,5-6H2,2-3H3,(H2,15,16,17). The van der Waals surface area contributed by atoms with Crippen LogP contribution in [0.1, 0.15) is 35.8 Å². The zero-order valence-electron chi connectivity index (χ0n) is 11.5. The molecule has 1 aliphatic rings. The third-order valence-electron chi connectivity index (χ3n) is 3.91. The first-order valence-electron chi connectivity index (χ1n) is 6.39. The Balaban J connectivity index is 2.47. The predicted molar refractivity (Wildman–Crippen MR) is 76.3 cm³/mol. The summed E-state index contributed by atoms with van der Waals surface area (Å²) in [4.78, 5) is 20.4. The molecule has 0 radical (unpaired) electrons. The van der Waals surface area contributed by atoms with Crippen LogP contribution in [0.3, 0.4) is 0 Å². The Morgan fingerprint density at radius 2 is 2.25 bits per heavy atom. The number of methoxy groups -OCH3 is 1. The molecule has 0 saturated heterocycles. The molecule has 0 atom stereocenters. The molecule has 2 aromatic rings. The van der Waals surface area contributed by atoms with Gasteiger partial charge >= 0.3 is 5.97 Å². The van der Waals surface area contributed by atoms with Crippen molar-refractivity contribution in [1.29, 1.82) is 0 Å². The largest absolute Gasteiger partial charge is 0.465 e. The maximum absolute atomic E-state index is 12.1. The van der Waals surface area contributed by atoms with E-state index >= 15 is 0 Å². The van der Waals surface area contributed by atoms with Crippen LogP contribution in [0.25, 0.3) is 17.1 Å². The molecule has 0 amide bonds. The Morgan fingerprint density at radius 3 is 2.80 bits per heavy atom. The quantitative estimate of drug-likeness (QED) is 0.863. The first kappa shape index (κ1) is 12.7. The summed E-state index contributed by atoms with van der Waals surface area (Å²) >= 11 is 0. The number of ether oxygens (including phenoxy) is 1. The molecular weight excluding hydrogens is 256 g/mol. The Labute approximate surface area is 116 Å². The Kier molecular flexibility index (Phi) is 2.57. The van der Waals surface area contributed by atoms with Crippen LogP contribution < -0.4 is 5.73 Å². The van der Waals surface area contributed by atoms with Crippen molar-refractivity contribution in [3.05, 3.63) is 24.2 Å². The fourth-order valence-electron chi connectivity index (χ4n) is 2.61. The van der Waals surface area contributed by atoms with Crippen LogP contribution in [0.5, 0.6) is 0 Å². The SMILES string of the molecule is C=Cc1c(C(=O)OC)c2c(N)ncnc2n1C1(C)CC1. The molecule has 2 aromatic heterocycles. The molecule has 1 aliphatic carbocycles. The minimum Gasteiger partial charge on any atom is -0.465 e. The molecule has 1 fully saturated rings. The van der Waals surface area contributed by atoms with Crippen LogP contribution in [0.2, 0.25) is 0 Å². The molecule has 2 heterocycles. The average Bonchev–Trinajstić information content (AvgIpc) is 3.07. The van der Waals surface area contributed by atoms with Crippen LogP contribution in [0, 0.1) is 0 Å². The van der Waals surface area contributed by atoms with E-state index < -0.39 is 5.97 Å². The molecule has 0 spiro atoms. The fraction of sp³-hybridized carbons (Fsp3) is 0.357. The summed E-state index contributed by atoms with van der Waals surface area (Å²) in [5.41, 5.74) is 7.64. The lowest BCUT2D eigenvalue weighted by molar-refractivity contribution is 0.0602. The minimum absolute atomic E-state index is 0.0468. The molecule has 0 unspecified atom stereocenters. The topological polar surface area (TPSA) is 83.0 Å². The molecule has 3 rings (SSSR count). The number of anilines is 1. The zero-order valence-corrected chi connectivity index (χ0v) is 11.5. The van der Waals surface area contributed by atoms with Gasteiger partial charge in [0.05, 0.1) is 23.8 Å². The molecule has 20 heavy (non-hydrogen) atoms. The number of hydrogen-bond donors (Lipinski definition) is 1. The van der Waals surface area contributed by atoms with Gasteiger partial charge in [-0.25, -0.2) is 14.8 Å². The van der Waals surface area contributed by atoms with E-state index in [1.54, 1.807) is 6.08 Å². The highest BCUT2D eigenvalue weighted by molar-refractivity contribution is 6.10.